The van der Waals surface area contributed by atoms with E-state index in [-0.39, 0.29) is 17.0 Å². The van der Waals surface area contributed by atoms with Gasteiger partial charge in [-0.2, -0.15) is 0 Å². The van der Waals surface area contributed by atoms with E-state index in [1.54, 1.807) is 35.1 Å². The molecule has 158 valence electrons. The molecule has 0 bridgehead atoms. The van der Waals surface area contributed by atoms with Crippen LogP contribution < -0.4 is 19.9 Å². The minimum atomic E-state index is -4.30. The quantitative estimate of drug-likeness (QED) is 0.505. The van der Waals surface area contributed by atoms with Crippen molar-refractivity contribution < 1.29 is 26.4 Å². The zero-order chi connectivity index (χ0) is 21.7. The van der Waals surface area contributed by atoms with Crippen molar-refractivity contribution in [3.8, 4) is 11.5 Å². The van der Waals surface area contributed by atoms with Gasteiger partial charge in [-0.15, -0.1) is 0 Å². The lowest BCUT2D eigenvalue weighted by molar-refractivity contribution is 0.0981. The highest BCUT2D eigenvalue weighted by molar-refractivity contribution is 7.89. The lowest BCUT2D eigenvalue weighted by atomic mass is 10.1. The largest absolute Gasteiger partial charge is 0.454 e. The third kappa shape index (κ3) is 6.73. The number of para-hydroxylation sites is 1. The van der Waals surface area contributed by atoms with Crippen LogP contribution in [0.1, 0.15) is 30.1 Å². The Morgan fingerprint density at radius 3 is 2.31 bits per heavy atom. The summed E-state index contributed by atoms with van der Waals surface area (Å²) in [4.78, 5) is 11.9. The molecule has 0 spiro atoms. The van der Waals surface area contributed by atoms with E-state index in [0.29, 0.717) is 12.3 Å². The zero-order valence-electron chi connectivity index (χ0n) is 16.0. The summed E-state index contributed by atoms with van der Waals surface area (Å²) in [5.74, 6) is -0.697. The second kappa shape index (κ2) is 9.25. The monoisotopic (exact) mass is 441 g/mol. The lowest BCUT2D eigenvalue weighted by Crippen LogP contribution is -2.29. The summed E-state index contributed by atoms with van der Waals surface area (Å²) >= 11 is 0. The molecule has 0 heterocycles. The Balaban J connectivity index is 2.62. The summed E-state index contributed by atoms with van der Waals surface area (Å²) in [6.45, 7) is 2.46. The maximum Gasteiger partial charge on any atom is 0.264 e. The summed E-state index contributed by atoms with van der Waals surface area (Å²) in [7, 11) is -8.14. The van der Waals surface area contributed by atoms with Gasteiger partial charge in [0.25, 0.3) is 5.91 Å². The summed E-state index contributed by atoms with van der Waals surface area (Å²) < 4.78 is 54.8. The van der Waals surface area contributed by atoms with E-state index in [2.05, 4.69) is 5.32 Å². The number of amides is 1. The molecule has 11 heteroatoms. The van der Waals surface area contributed by atoms with Gasteiger partial charge in [0.1, 0.15) is 10.6 Å². The Kier molecular flexibility index (Phi) is 7.22. The molecule has 0 unspecified atom stereocenters. The third-order valence-electron chi connectivity index (χ3n) is 3.71. The number of hydrogen-bond acceptors (Lipinski definition) is 7. The van der Waals surface area contributed by atoms with Crippen molar-refractivity contribution in [2.24, 2.45) is 5.14 Å². The molecular formula is C18H23N3O6S2. The molecule has 9 nitrogen and oxygen atoms in total. The second-order valence-corrected chi connectivity index (χ2v) is 9.57. The summed E-state index contributed by atoms with van der Waals surface area (Å²) in [5.41, 5.74) is 0.00587. The van der Waals surface area contributed by atoms with Crippen LogP contribution in [0, 0.1) is 0 Å². The van der Waals surface area contributed by atoms with Crippen LogP contribution in [0.2, 0.25) is 0 Å². The fraction of sp³-hybridized carbons (Fsp3) is 0.278. The molecule has 4 N–H and O–H groups in total. The number of hydrogen-bond donors (Lipinski definition) is 3. The van der Waals surface area contributed by atoms with Crippen molar-refractivity contribution in [2.75, 3.05) is 18.1 Å². The van der Waals surface area contributed by atoms with Crippen LogP contribution in [-0.2, 0) is 20.0 Å². The van der Waals surface area contributed by atoms with Crippen LogP contribution >= 0.6 is 0 Å². The topological polar surface area (TPSA) is 145 Å². The predicted molar refractivity (Wildman–Crippen MR) is 110 cm³/mol. The van der Waals surface area contributed by atoms with Crippen molar-refractivity contribution in [1.29, 1.82) is 0 Å². The first-order chi connectivity index (χ1) is 13.5. The smallest absolute Gasteiger partial charge is 0.264 e. The Labute approximate surface area is 170 Å². The molecule has 0 atom stereocenters. The Bertz CT molecular complexity index is 1080. The number of benzene rings is 2. The van der Waals surface area contributed by atoms with Gasteiger partial charge in [0.05, 0.1) is 11.9 Å². The molecule has 0 radical (unpaired) electrons. The van der Waals surface area contributed by atoms with Crippen LogP contribution in [0.4, 0.5) is 5.69 Å². The predicted octanol–water partition coefficient (Wildman–Crippen LogP) is 2.03. The van der Waals surface area contributed by atoms with E-state index in [4.69, 9.17) is 9.88 Å². The molecule has 0 fully saturated rings. The van der Waals surface area contributed by atoms with E-state index >= 15 is 0 Å². The number of ether oxygens (including phenoxy) is 1. The van der Waals surface area contributed by atoms with Gasteiger partial charge in [0.2, 0.25) is 20.0 Å². The molecule has 1 amide bonds. The lowest BCUT2D eigenvalue weighted by Gasteiger charge is -2.17. The zero-order valence-corrected chi connectivity index (χ0v) is 17.6. The van der Waals surface area contributed by atoms with E-state index in [9.17, 15) is 21.6 Å². The van der Waals surface area contributed by atoms with Gasteiger partial charge in [-0.1, -0.05) is 31.5 Å². The molecule has 0 aliphatic rings. The summed E-state index contributed by atoms with van der Waals surface area (Å²) in [6.07, 6.45) is 2.46. The van der Waals surface area contributed by atoms with Crippen LogP contribution in [0.15, 0.2) is 47.4 Å². The molecule has 29 heavy (non-hydrogen) atoms. The number of unbranched alkanes of at least 4 members (excludes halogenated alkanes) is 1. The number of carbonyl (C=O) groups is 1. The van der Waals surface area contributed by atoms with E-state index in [0.717, 1.165) is 25.2 Å². The molecule has 0 aromatic heterocycles. The number of nitrogens with one attached hydrogen (secondary N) is 2. The fourth-order valence-corrected chi connectivity index (χ4v) is 3.57. The third-order valence-corrected chi connectivity index (χ3v) is 5.18. The van der Waals surface area contributed by atoms with Crippen molar-refractivity contribution in [1.82, 2.24) is 4.72 Å². The average Bonchev–Trinajstić information content (AvgIpc) is 2.61. The van der Waals surface area contributed by atoms with Gasteiger partial charge < -0.3 is 10.1 Å². The number of nitrogens with two attached hydrogens (primary N) is 1. The highest BCUT2D eigenvalue weighted by Gasteiger charge is 2.24. The van der Waals surface area contributed by atoms with Crippen LogP contribution in [0.25, 0.3) is 0 Å². The van der Waals surface area contributed by atoms with Crippen LogP contribution in [0.3, 0.4) is 0 Å². The van der Waals surface area contributed by atoms with Crippen molar-refractivity contribution in [2.45, 2.75) is 24.7 Å². The molecule has 2 rings (SSSR count). The standard InChI is InChI=1S/C18H23N3O6S2/c1-3-4-10-20-15-11-13(18(22)21-28(2,23)24)12-16(29(19,25)26)17(15)27-14-8-6-5-7-9-14/h5-9,11-12,20H,3-4,10H2,1-2H3,(H,21,22)(H2,19,25,26). The highest BCUT2D eigenvalue weighted by Crippen LogP contribution is 2.37. The first-order valence-corrected chi connectivity index (χ1v) is 12.1. The maximum absolute atomic E-state index is 12.3. The van der Waals surface area contributed by atoms with Crippen molar-refractivity contribution in [3.63, 3.8) is 0 Å². The molecule has 2 aromatic rings. The molecule has 0 aliphatic heterocycles. The minimum absolute atomic E-state index is 0.0780. The normalized spacial score (nSPS) is 11.7. The number of anilines is 1. The second-order valence-electron chi connectivity index (χ2n) is 6.29. The fourth-order valence-electron chi connectivity index (χ4n) is 2.41. The average molecular weight is 442 g/mol. The Morgan fingerprint density at radius 1 is 1.10 bits per heavy atom. The first kappa shape index (κ1) is 22.7. The SMILES string of the molecule is CCCCNc1cc(C(=O)NS(C)(=O)=O)cc(S(N)(=O)=O)c1Oc1ccccc1. The summed E-state index contributed by atoms with van der Waals surface area (Å²) in [6, 6.07) is 10.8. The Hall–Kier alpha value is -2.63. The van der Waals surface area contributed by atoms with Gasteiger partial charge in [-0.05, 0) is 30.7 Å². The highest BCUT2D eigenvalue weighted by atomic mass is 32.2. The van der Waals surface area contributed by atoms with Crippen molar-refractivity contribution >= 4 is 31.6 Å². The van der Waals surface area contributed by atoms with Gasteiger partial charge in [0, 0.05) is 12.1 Å². The number of carbonyl (C=O) groups excluding carboxylic acids is 1. The van der Waals surface area contributed by atoms with Crippen LogP contribution in [-0.4, -0.2) is 35.5 Å². The van der Waals surface area contributed by atoms with Gasteiger partial charge in [-0.25, -0.2) is 26.7 Å². The van der Waals surface area contributed by atoms with Gasteiger partial charge in [0.15, 0.2) is 5.75 Å². The van der Waals surface area contributed by atoms with Gasteiger partial charge in [-0.3, -0.25) is 4.79 Å². The van der Waals surface area contributed by atoms with E-state index < -0.39 is 30.8 Å². The minimum Gasteiger partial charge on any atom is -0.454 e. The molecule has 2 aromatic carbocycles. The number of sulfonamides is 2. The van der Waals surface area contributed by atoms with Crippen molar-refractivity contribution in [3.05, 3.63) is 48.0 Å². The first-order valence-electron chi connectivity index (χ1n) is 8.71. The summed E-state index contributed by atoms with van der Waals surface area (Å²) in [5, 5.41) is 8.38. The van der Waals surface area contributed by atoms with E-state index in [1.807, 2.05) is 6.92 Å². The van der Waals surface area contributed by atoms with Gasteiger partial charge >= 0.3 is 0 Å². The molecule has 0 aliphatic carbocycles. The Morgan fingerprint density at radius 2 is 1.76 bits per heavy atom. The van der Waals surface area contributed by atoms with E-state index in [1.165, 1.54) is 6.07 Å². The molecule has 0 saturated heterocycles. The molecule has 0 saturated carbocycles. The number of primary sulfonamides is 1. The number of rotatable bonds is 9. The molecular weight excluding hydrogens is 418 g/mol. The maximum atomic E-state index is 12.3. The van der Waals surface area contributed by atoms with Crippen LogP contribution in [0.5, 0.6) is 11.5 Å².